The van der Waals surface area contributed by atoms with E-state index in [0.717, 1.165) is 53.7 Å². The van der Waals surface area contributed by atoms with E-state index >= 15 is 0 Å². The van der Waals surface area contributed by atoms with E-state index in [0.29, 0.717) is 5.92 Å². The van der Waals surface area contributed by atoms with Crippen LogP contribution in [0.15, 0.2) is 36.7 Å². The number of benzene rings is 1. The summed E-state index contributed by atoms with van der Waals surface area (Å²) in [5.41, 5.74) is 1.23. The number of aromatic nitrogens is 2. The standard InChI is InChI=1S/C21H25ClN4S/c1-2-17-11-18-20(24-14-25-21(18)27-17)23-12-15-7-9-26(10-8-15)13-16-5-3-4-6-19(16)22/h3-6,11,14-15H,2,7-10,12-13H2,1H3,(H,23,24,25). The molecule has 0 bridgehead atoms. The molecule has 0 aliphatic carbocycles. The zero-order chi connectivity index (χ0) is 18.6. The number of halogens is 1. The molecule has 0 amide bonds. The van der Waals surface area contributed by atoms with E-state index in [9.17, 15) is 0 Å². The lowest BCUT2D eigenvalue weighted by atomic mass is 9.96. The second-order valence-electron chi connectivity index (χ2n) is 7.20. The largest absolute Gasteiger partial charge is 0.369 e. The molecule has 142 valence electrons. The lowest BCUT2D eigenvalue weighted by Gasteiger charge is -2.32. The van der Waals surface area contributed by atoms with Crippen LogP contribution in [0.3, 0.4) is 0 Å². The van der Waals surface area contributed by atoms with E-state index in [1.54, 1.807) is 17.7 Å². The lowest BCUT2D eigenvalue weighted by molar-refractivity contribution is 0.182. The van der Waals surface area contributed by atoms with Gasteiger partial charge in [0.1, 0.15) is 17.0 Å². The van der Waals surface area contributed by atoms with Crippen LogP contribution in [0, 0.1) is 5.92 Å². The number of likely N-dealkylation sites (tertiary alicyclic amines) is 1. The predicted molar refractivity (Wildman–Crippen MR) is 115 cm³/mol. The Morgan fingerprint density at radius 2 is 2.04 bits per heavy atom. The summed E-state index contributed by atoms with van der Waals surface area (Å²) in [6, 6.07) is 10.4. The molecular formula is C21H25ClN4S. The number of hydrogen-bond donors (Lipinski definition) is 1. The van der Waals surface area contributed by atoms with Gasteiger partial charge in [-0.2, -0.15) is 0 Å². The fraction of sp³-hybridized carbons (Fsp3) is 0.429. The highest BCUT2D eigenvalue weighted by Gasteiger charge is 2.20. The van der Waals surface area contributed by atoms with Crippen LogP contribution in [0.4, 0.5) is 5.82 Å². The number of thiophene rings is 1. The molecule has 1 aliphatic heterocycles. The molecule has 1 N–H and O–H groups in total. The number of fused-ring (bicyclic) bond motifs is 1. The van der Waals surface area contributed by atoms with Gasteiger partial charge in [0.25, 0.3) is 0 Å². The number of nitrogens with one attached hydrogen (secondary N) is 1. The van der Waals surface area contributed by atoms with Gasteiger partial charge < -0.3 is 5.32 Å². The van der Waals surface area contributed by atoms with Gasteiger partial charge in [0.2, 0.25) is 0 Å². The van der Waals surface area contributed by atoms with Crippen LogP contribution in [0.2, 0.25) is 5.02 Å². The van der Waals surface area contributed by atoms with Crippen molar-refractivity contribution in [1.82, 2.24) is 14.9 Å². The Morgan fingerprint density at radius 3 is 2.81 bits per heavy atom. The summed E-state index contributed by atoms with van der Waals surface area (Å²) in [6.07, 6.45) is 5.13. The number of aryl methyl sites for hydroxylation is 1. The minimum Gasteiger partial charge on any atom is -0.369 e. The average molecular weight is 401 g/mol. The molecule has 6 heteroatoms. The van der Waals surface area contributed by atoms with E-state index in [-0.39, 0.29) is 0 Å². The van der Waals surface area contributed by atoms with Crippen LogP contribution in [0.5, 0.6) is 0 Å². The van der Waals surface area contributed by atoms with Crippen LogP contribution in [-0.2, 0) is 13.0 Å². The first kappa shape index (κ1) is 18.7. The normalized spacial score (nSPS) is 16.1. The van der Waals surface area contributed by atoms with Gasteiger partial charge in [0.15, 0.2) is 0 Å². The van der Waals surface area contributed by atoms with Gasteiger partial charge in [0.05, 0.1) is 5.39 Å². The molecule has 3 heterocycles. The molecule has 4 nitrogen and oxygen atoms in total. The second-order valence-corrected chi connectivity index (χ2v) is 8.72. The minimum atomic E-state index is 0.682. The fourth-order valence-electron chi connectivity index (χ4n) is 3.68. The quantitative estimate of drug-likeness (QED) is 0.615. The van der Waals surface area contributed by atoms with Gasteiger partial charge in [-0.25, -0.2) is 9.97 Å². The molecule has 0 radical (unpaired) electrons. The summed E-state index contributed by atoms with van der Waals surface area (Å²) in [5, 5.41) is 5.62. The molecule has 27 heavy (non-hydrogen) atoms. The van der Waals surface area contributed by atoms with Crippen molar-refractivity contribution < 1.29 is 0 Å². The van der Waals surface area contributed by atoms with Gasteiger partial charge in [-0.3, -0.25) is 4.90 Å². The van der Waals surface area contributed by atoms with Crippen molar-refractivity contribution in [1.29, 1.82) is 0 Å². The van der Waals surface area contributed by atoms with Crippen LogP contribution in [0.25, 0.3) is 10.2 Å². The topological polar surface area (TPSA) is 41.0 Å². The van der Waals surface area contributed by atoms with Crippen molar-refractivity contribution in [2.75, 3.05) is 25.0 Å². The highest BCUT2D eigenvalue weighted by molar-refractivity contribution is 7.18. The Morgan fingerprint density at radius 1 is 1.22 bits per heavy atom. The summed E-state index contributed by atoms with van der Waals surface area (Å²) < 4.78 is 0. The zero-order valence-electron chi connectivity index (χ0n) is 15.6. The van der Waals surface area contributed by atoms with Crippen molar-refractivity contribution in [3.05, 3.63) is 52.1 Å². The average Bonchev–Trinajstić information content (AvgIpc) is 3.13. The third-order valence-electron chi connectivity index (χ3n) is 5.35. The summed E-state index contributed by atoms with van der Waals surface area (Å²) in [6.45, 7) is 6.34. The monoisotopic (exact) mass is 400 g/mol. The van der Waals surface area contributed by atoms with Crippen LogP contribution in [-0.4, -0.2) is 34.5 Å². The Balaban J connectivity index is 1.31. The minimum absolute atomic E-state index is 0.682. The molecule has 0 atom stereocenters. The number of anilines is 1. The van der Waals surface area contributed by atoms with Crippen LogP contribution >= 0.6 is 22.9 Å². The highest BCUT2D eigenvalue weighted by atomic mass is 35.5. The molecule has 4 rings (SSSR count). The third-order valence-corrected chi connectivity index (χ3v) is 6.90. The highest BCUT2D eigenvalue weighted by Crippen LogP contribution is 2.29. The Bertz CT molecular complexity index is 902. The molecule has 2 aromatic heterocycles. The number of rotatable bonds is 6. The number of nitrogens with zero attached hydrogens (tertiary/aromatic N) is 3. The lowest BCUT2D eigenvalue weighted by Crippen LogP contribution is -2.35. The molecule has 1 aromatic carbocycles. The first-order chi connectivity index (χ1) is 13.2. The SMILES string of the molecule is CCc1cc2c(NCC3CCN(Cc4ccccc4Cl)CC3)ncnc2s1. The van der Waals surface area contributed by atoms with Crippen molar-refractivity contribution in [3.8, 4) is 0 Å². The van der Waals surface area contributed by atoms with Crippen molar-refractivity contribution in [2.24, 2.45) is 5.92 Å². The van der Waals surface area contributed by atoms with E-state index in [1.165, 1.54) is 23.3 Å². The summed E-state index contributed by atoms with van der Waals surface area (Å²) >= 11 is 8.07. The Labute approximate surface area is 169 Å². The first-order valence-corrected chi connectivity index (χ1v) is 10.9. The number of hydrogen-bond acceptors (Lipinski definition) is 5. The van der Waals surface area contributed by atoms with Gasteiger partial charge in [0, 0.05) is 23.0 Å². The Hall–Kier alpha value is -1.69. The van der Waals surface area contributed by atoms with Crippen molar-refractivity contribution in [3.63, 3.8) is 0 Å². The van der Waals surface area contributed by atoms with Crippen LogP contribution < -0.4 is 5.32 Å². The van der Waals surface area contributed by atoms with Gasteiger partial charge in [-0.15, -0.1) is 11.3 Å². The Kier molecular flexibility index (Phi) is 5.91. The van der Waals surface area contributed by atoms with E-state index in [2.05, 4.69) is 45.3 Å². The smallest absolute Gasteiger partial charge is 0.138 e. The molecule has 1 fully saturated rings. The molecular weight excluding hydrogens is 376 g/mol. The van der Waals surface area contributed by atoms with Gasteiger partial charge in [-0.05, 0) is 56.0 Å². The molecule has 1 aliphatic rings. The van der Waals surface area contributed by atoms with E-state index in [1.807, 2.05) is 12.1 Å². The molecule has 0 saturated carbocycles. The number of piperidine rings is 1. The van der Waals surface area contributed by atoms with Gasteiger partial charge in [-0.1, -0.05) is 36.7 Å². The fourth-order valence-corrected chi connectivity index (χ4v) is 4.81. The summed E-state index contributed by atoms with van der Waals surface area (Å²) in [5.74, 6) is 1.66. The molecule has 1 saturated heterocycles. The van der Waals surface area contributed by atoms with Crippen LogP contribution in [0.1, 0.15) is 30.2 Å². The second kappa shape index (κ2) is 8.55. The maximum absolute atomic E-state index is 6.30. The maximum atomic E-state index is 6.30. The third kappa shape index (κ3) is 4.42. The van der Waals surface area contributed by atoms with Crippen molar-refractivity contribution in [2.45, 2.75) is 32.7 Å². The van der Waals surface area contributed by atoms with Crippen molar-refractivity contribution >= 4 is 39.0 Å². The predicted octanol–water partition coefficient (Wildman–Crippen LogP) is 5.23. The zero-order valence-corrected chi connectivity index (χ0v) is 17.2. The summed E-state index contributed by atoms with van der Waals surface area (Å²) in [4.78, 5) is 13.8. The van der Waals surface area contributed by atoms with Gasteiger partial charge >= 0.3 is 0 Å². The molecule has 3 aromatic rings. The first-order valence-electron chi connectivity index (χ1n) is 9.66. The van der Waals surface area contributed by atoms with E-state index < -0.39 is 0 Å². The van der Waals surface area contributed by atoms with E-state index in [4.69, 9.17) is 11.6 Å². The molecule has 0 unspecified atom stereocenters. The molecule has 0 spiro atoms. The maximum Gasteiger partial charge on any atom is 0.138 e. The summed E-state index contributed by atoms with van der Waals surface area (Å²) in [7, 11) is 0.